The van der Waals surface area contributed by atoms with Crippen molar-refractivity contribution in [2.75, 3.05) is 0 Å². The van der Waals surface area contributed by atoms with E-state index in [1.807, 2.05) is 6.07 Å². The first-order chi connectivity index (χ1) is 9.01. The highest BCUT2D eigenvalue weighted by Gasteiger charge is 2.44. The maximum absolute atomic E-state index is 12.7. The van der Waals surface area contributed by atoms with Gasteiger partial charge in [0, 0.05) is 17.0 Å². The predicted octanol–water partition coefficient (Wildman–Crippen LogP) is 5.12. The summed E-state index contributed by atoms with van der Waals surface area (Å²) in [5.74, 6) is 0.872. The second-order valence-electron chi connectivity index (χ2n) is 6.24. The van der Waals surface area contributed by atoms with Crippen molar-refractivity contribution < 1.29 is 4.79 Å². The Balaban J connectivity index is 1.91. The van der Waals surface area contributed by atoms with Gasteiger partial charge in [0.15, 0.2) is 5.78 Å². The summed E-state index contributed by atoms with van der Waals surface area (Å²) in [4.78, 5) is 12.7. The largest absolute Gasteiger partial charge is 0.293 e. The van der Waals surface area contributed by atoms with Crippen molar-refractivity contribution in [2.24, 2.45) is 11.3 Å². The molecule has 3 heteroatoms. The molecule has 0 saturated heterocycles. The number of halogens is 2. The molecule has 19 heavy (non-hydrogen) atoms. The molecule has 0 bridgehead atoms. The fourth-order valence-electron chi connectivity index (χ4n) is 3.74. The Bertz CT molecular complexity index is 532. The fourth-order valence-corrected chi connectivity index (χ4v) is 4.15. The van der Waals surface area contributed by atoms with Crippen molar-refractivity contribution in [1.82, 2.24) is 0 Å². The quantitative estimate of drug-likeness (QED) is 0.740. The second-order valence-corrected chi connectivity index (χ2v) is 6.99. The number of Topliss-reactive ketones (excluding diaryl/α,β-unsaturated/α-hetero) is 1. The van der Waals surface area contributed by atoms with E-state index in [4.69, 9.17) is 23.2 Å². The summed E-state index contributed by atoms with van der Waals surface area (Å²) in [6, 6.07) is 4.77. The summed E-state index contributed by atoms with van der Waals surface area (Å²) in [5.41, 5.74) is 1.37. The monoisotopic (exact) mass is 295 g/mol. The average molecular weight is 296 g/mol. The second kappa shape index (κ2) is 4.79. The smallest absolute Gasteiger partial charge is 0.170 e. The van der Waals surface area contributed by atoms with Crippen LogP contribution in [0.1, 0.15) is 54.9 Å². The normalized spacial score (nSPS) is 27.0. The van der Waals surface area contributed by atoms with Gasteiger partial charge in [-0.25, -0.2) is 0 Å². The number of carbonyl (C=O) groups excluding carboxylic acids is 1. The van der Waals surface area contributed by atoms with Crippen LogP contribution in [-0.2, 0) is 6.42 Å². The standard InChI is InChI=1S/C16H17Cl2O/c1-16(8-10-4-2-3-5-10)9-11-6-7-12(17)14(18)13(11)15(16)19/h6,10H,2-5,8-9H2,1H3. The molecule has 2 aliphatic rings. The van der Waals surface area contributed by atoms with Gasteiger partial charge in [-0.05, 0) is 30.4 Å². The van der Waals surface area contributed by atoms with Crippen LogP contribution >= 0.6 is 23.2 Å². The van der Waals surface area contributed by atoms with Crippen LogP contribution in [0.15, 0.2) is 6.07 Å². The van der Waals surface area contributed by atoms with Gasteiger partial charge in [0.2, 0.25) is 0 Å². The number of hydrogen-bond donors (Lipinski definition) is 0. The first kappa shape index (κ1) is 13.5. The van der Waals surface area contributed by atoms with Crippen molar-refractivity contribution in [3.05, 3.63) is 33.3 Å². The van der Waals surface area contributed by atoms with Gasteiger partial charge in [-0.3, -0.25) is 4.79 Å². The molecule has 0 N–H and O–H groups in total. The molecule has 1 fully saturated rings. The van der Waals surface area contributed by atoms with Crippen LogP contribution in [0.25, 0.3) is 0 Å². The van der Waals surface area contributed by atoms with Crippen LogP contribution in [0, 0.1) is 17.4 Å². The van der Waals surface area contributed by atoms with E-state index in [-0.39, 0.29) is 11.2 Å². The Hall–Kier alpha value is -0.530. The van der Waals surface area contributed by atoms with Crippen LogP contribution in [-0.4, -0.2) is 5.78 Å². The van der Waals surface area contributed by atoms with Gasteiger partial charge in [-0.2, -0.15) is 0 Å². The molecule has 0 spiro atoms. The Morgan fingerprint density at radius 1 is 1.37 bits per heavy atom. The van der Waals surface area contributed by atoms with E-state index in [1.54, 1.807) is 0 Å². The molecular formula is C16H17Cl2O. The lowest BCUT2D eigenvalue weighted by atomic mass is 9.77. The number of carbonyl (C=O) groups is 1. The molecule has 3 rings (SSSR count). The van der Waals surface area contributed by atoms with Gasteiger partial charge in [0.1, 0.15) is 0 Å². The van der Waals surface area contributed by atoms with Crippen LogP contribution in [0.4, 0.5) is 0 Å². The van der Waals surface area contributed by atoms with Crippen molar-refractivity contribution in [2.45, 2.75) is 45.4 Å². The van der Waals surface area contributed by atoms with Crippen LogP contribution in [0.2, 0.25) is 10.0 Å². The number of benzene rings is 1. The van der Waals surface area contributed by atoms with Crippen LogP contribution in [0.5, 0.6) is 0 Å². The van der Waals surface area contributed by atoms with Gasteiger partial charge >= 0.3 is 0 Å². The zero-order valence-corrected chi connectivity index (χ0v) is 12.6. The molecule has 1 unspecified atom stereocenters. The molecule has 0 aliphatic heterocycles. The maximum Gasteiger partial charge on any atom is 0.170 e. The van der Waals surface area contributed by atoms with Crippen LogP contribution in [0.3, 0.4) is 0 Å². The third-order valence-corrected chi connectivity index (χ3v) is 5.45. The van der Waals surface area contributed by atoms with Crippen molar-refractivity contribution in [3.8, 4) is 0 Å². The zero-order valence-electron chi connectivity index (χ0n) is 11.1. The summed E-state index contributed by atoms with van der Waals surface area (Å²) in [6.07, 6.45) is 6.91. The third-order valence-electron chi connectivity index (χ3n) is 4.68. The molecule has 1 atom stereocenters. The van der Waals surface area contributed by atoms with E-state index < -0.39 is 0 Å². The Morgan fingerprint density at radius 3 is 2.74 bits per heavy atom. The molecule has 1 nitrogen and oxygen atoms in total. The van der Waals surface area contributed by atoms with Gasteiger partial charge in [-0.15, -0.1) is 0 Å². The van der Waals surface area contributed by atoms with E-state index in [1.165, 1.54) is 25.7 Å². The minimum Gasteiger partial charge on any atom is -0.293 e. The van der Waals surface area contributed by atoms with E-state index in [9.17, 15) is 4.79 Å². The molecule has 1 radical (unpaired) electrons. The number of rotatable bonds is 2. The lowest BCUT2D eigenvalue weighted by Crippen LogP contribution is -2.26. The number of fused-ring (bicyclic) bond motifs is 1. The molecule has 2 aliphatic carbocycles. The lowest BCUT2D eigenvalue weighted by Gasteiger charge is -2.25. The molecule has 1 aromatic carbocycles. The van der Waals surface area contributed by atoms with E-state index in [0.717, 1.165) is 18.4 Å². The van der Waals surface area contributed by atoms with Gasteiger partial charge in [0.25, 0.3) is 0 Å². The first-order valence-corrected chi connectivity index (χ1v) is 7.70. The highest BCUT2D eigenvalue weighted by molar-refractivity contribution is 6.44. The van der Waals surface area contributed by atoms with E-state index in [2.05, 4.69) is 13.0 Å². The van der Waals surface area contributed by atoms with E-state index in [0.29, 0.717) is 21.5 Å². The number of hydrogen-bond acceptors (Lipinski definition) is 1. The summed E-state index contributed by atoms with van der Waals surface area (Å²) < 4.78 is 0. The van der Waals surface area contributed by atoms with Gasteiger partial charge in [0.05, 0.1) is 10.0 Å². The summed E-state index contributed by atoms with van der Waals surface area (Å²) in [6.45, 7) is 2.08. The molecule has 101 valence electrons. The first-order valence-electron chi connectivity index (χ1n) is 6.94. The lowest BCUT2D eigenvalue weighted by molar-refractivity contribution is 0.0804. The molecule has 1 aromatic rings. The maximum atomic E-state index is 12.7. The summed E-state index contributed by atoms with van der Waals surface area (Å²) >= 11 is 12.2. The van der Waals surface area contributed by atoms with Crippen molar-refractivity contribution in [3.63, 3.8) is 0 Å². The van der Waals surface area contributed by atoms with Crippen LogP contribution < -0.4 is 0 Å². The van der Waals surface area contributed by atoms with Gasteiger partial charge in [-0.1, -0.05) is 55.8 Å². The average Bonchev–Trinajstić information content (AvgIpc) is 2.93. The predicted molar refractivity (Wildman–Crippen MR) is 78.0 cm³/mol. The Kier molecular flexibility index (Phi) is 3.39. The molecular weight excluding hydrogens is 279 g/mol. The third kappa shape index (κ3) is 2.21. The van der Waals surface area contributed by atoms with Gasteiger partial charge < -0.3 is 0 Å². The molecule has 0 amide bonds. The minimum atomic E-state index is -0.292. The van der Waals surface area contributed by atoms with Crippen molar-refractivity contribution >= 4 is 29.0 Å². The Morgan fingerprint density at radius 2 is 2.05 bits per heavy atom. The summed E-state index contributed by atoms with van der Waals surface area (Å²) in [5, 5.41) is 0.748. The SMILES string of the molecule is CC1(CC2CCCC2)Cc2c[c]c(Cl)c(Cl)c2C1=O. The zero-order chi connectivity index (χ0) is 13.6. The Labute approximate surface area is 124 Å². The number of ketones is 1. The highest BCUT2D eigenvalue weighted by Crippen LogP contribution is 2.47. The molecule has 0 aromatic heterocycles. The minimum absolute atomic E-state index is 0.176. The topological polar surface area (TPSA) is 17.1 Å². The molecule has 1 saturated carbocycles. The fraction of sp³-hybridized carbons (Fsp3) is 0.562. The highest BCUT2D eigenvalue weighted by atomic mass is 35.5. The molecule has 0 heterocycles. The van der Waals surface area contributed by atoms with Crippen molar-refractivity contribution in [1.29, 1.82) is 0 Å². The summed E-state index contributed by atoms with van der Waals surface area (Å²) in [7, 11) is 0. The van der Waals surface area contributed by atoms with E-state index >= 15 is 0 Å².